The van der Waals surface area contributed by atoms with Gasteiger partial charge in [0.05, 0.1) is 6.04 Å². The van der Waals surface area contributed by atoms with Crippen molar-refractivity contribution < 1.29 is 6.22 Å². The molecule has 1 aliphatic heterocycles. The van der Waals surface area contributed by atoms with Gasteiger partial charge >= 0.3 is 0 Å². The van der Waals surface area contributed by atoms with Crippen molar-refractivity contribution in [2.75, 3.05) is 6.54 Å². The minimum atomic E-state index is -0.220. The summed E-state index contributed by atoms with van der Waals surface area (Å²) in [6.45, 7) is 0.938. The summed E-state index contributed by atoms with van der Waals surface area (Å²) in [4.78, 5) is 10.4. The SMILES string of the molecule is NC(=O)C1CCCN1.[HH]. The highest BCUT2D eigenvalue weighted by Gasteiger charge is 2.18. The highest BCUT2D eigenvalue weighted by molar-refractivity contribution is 5.80. The van der Waals surface area contributed by atoms with E-state index in [9.17, 15) is 4.79 Å². The molecular formula is C5H12N2O. The highest BCUT2D eigenvalue weighted by atomic mass is 16.1. The monoisotopic (exact) mass is 116 g/mol. The minimum absolute atomic E-state index is 0. The Bertz CT molecular complexity index is 101. The fraction of sp³-hybridized carbons (Fsp3) is 0.800. The molecule has 1 atom stereocenters. The zero-order valence-corrected chi connectivity index (χ0v) is 4.68. The molecule has 3 nitrogen and oxygen atoms in total. The molecule has 0 saturated carbocycles. The van der Waals surface area contributed by atoms with E-state index < -0.39 is 0 Å². The van der Waals surface area contributed by atoms with E-state index in [0.29, 0.717) is 0 Å². The Hall–Kier alpha value is -0.570. The second-order valence-corrected chi connectivity index (χ2v) is 2.05. The molecule has 3 heteroatoms. The quantitative estimate of drug-likeness (QED) is 0.484. The van der Waals surface area contributed by atoms with E-state index in [0.717, 1.165) is 19.4 Å². The molecule has 3 N–H and O–H groups in total. The molecule has 0 aromatic heterocycles. The molecule has 1 heterocycles. The summed E-state index contributed by atoms with van der Waals surface area (Å²) >= 11 is 0. The second-order valence-electron chi connectivity index (χ2n) is 2.05. The number of hydrogen-bond donors (Lipinski definition) is 2. The summed E-state index contributed by atoms with van der Waals surface area (Å²) in [5.41, 5.74) is 5.00. The van der Waals surface area contributed by atoms with Gasteiger partial charge in [-0.05, 0) is 19.4 Å². The molecule has 1 rings (SSSR count). The van der Waals surface area contributed by atoms with Gasteiger partial charge in [0, 0.05) is 1.43 Å². The van der Waals surface area contributed by atoms with Crippen LogP contribution in [0.25, 0.3) is 0 Å². The van der Waals surface area contributed by atoms with Crippen LogP contribution >= 0.6 is 0 Å². The Morgan fingerprint density at radius 2 is 2.62 bits per heavy atom. The van der Waals surface area contributed by atoms with Crippen LogP contribution in [0.3, 0.4) is 0 Å². The number of hydrogen-bond acceptors (Lipinski definition) is 2. The van der Waals surface area contributed by atoms with Crippen molar-refractivity contribution in [2.45, 2.75) is 18.9 Å². The molecule has 0 bridgehead atoms. The molecule has 1 unspecified atom stereocenters. The van der Waals surface area contributed by atoms with Crippen LogP contribution in [0, 0.1) is 0 Å². The Balaban J connectivity index is 0.000000640. The second kappa shape index (κ2) is 2.13. The summed E-state index contributed by atoms with van der Waals surface area (Å²) in [6, 6.07) is -0.0463. The number of nitrogens with two attached hydrogens (primary N) is 1. The zero-order valence-electron chi connectivity index (χ0n) is 4.68. The van der Waals surface area contributed by atoms with Crippen LogP contribution in [-0.4, -0.2) is 18.5 Å². The van der Waals surface area contributed by atoms with Gasteiger partial charge in [0.15, 0.2) is 0 Å². The zero-order chi connectivity index (χ0) is 5.98. The maximum atomic E-state index is 10.4. The van der Waals surface area contributed by atoms with E-state index in [1.165, 1.54) is 0 Å². The lowest BCUT2D eigenvalue weighted by atomic mass is 10.2. The smallest absolute Gasteiger partial charge is 0.234 e. The van der Waals surface area contributed by atoms with Crippen LogP contribution in [0.5, 0.6) is 0 Å². The maximum Gasteiger partial charge on any atom is 0.234 e. The van der Waals surface area contributed by atoms with Crippen LogP contribution in [0.15, 0.2) is 0 Å². The molecule has 1 saturated heterocycles. The Morgan fingerprint density at radius 3 is 2.88 bits per heavy atom. The summed E-state index contributed by atoms with van der Waals surface area (Å²) in [6.07, 6.45) is 1.99. The third-order valence-electron chi connectivity index (χ3n) is 1.40. The summed E-state index contributed by atoms with van der Waals surface area (Å²) in [5, 5.41) is 2.98. The maximum absolute atomic E-state index is 10.4. The van der Waals surface area contributed by atoms with Gasteiger partial charge in [-0.2, -0.15) is 0 Å². The molecule has 1 amide bonds. The van der Waals surface area contributed by atoms with Gasteiger partial charge in [-0.15, -0.1) is 0 Å². The molecule has 0 radical (unpaired) electrons. The highest BCUT2D eigenvalue weighted by Crippen LogP contribution is 2.02. The molecule has 0 spiro atoms. The van der Waals surface area contributed by atoms with Crippen molar-refractivity contribution in [2.24, 2.45) is 5.73 Å². The lowest BCUT2D eigenvalue weighted by Gasteiger charge is -2.01. The number of carbonyl (C=O) groups excluding carboxylic acids is 1. The Kier molecular flexibility index (Phi) is 1.48. The van der Waals surface area contributed by atoms with Gasteiger partial charge in [0.1, 0.15) is 0 Å². The third-order valence-corrected chi connectivity index (χ3v) is 1.40. The van der Waals surface area contributed by atoms with Gasteiger partial charge in [-0.3, -0.25) is 4.79 Å². The summed E-state index contributed by atoms with van der Waals surface area (Å²) in [7, 11) is 0. The van der Waals surface area contributed by atoms with Crippen LogP contribution < -0.4 is 11.1 Å². The van der Waals surface area contributed by atoms with E-state index in [4.69, 9.17) is 5.73 Å². The van der Waals surface area contributed by atoms with Crippen molar-refractivity contribution in [1.29, 1.82) is 0 Å². The molecule has 1 aliphatic rings. The first-order valence-corrected chi connectivity index (χ1v) is 2.83. The van der Waals surface area contributed by atoms with Gasteiger partial charge in [0.2, 0.25) is 5.91 Å². The fourth-order valence-electron chi connectivity index (χ4n) is 0.927. The van der Waals surface area contributed by atoms with Gasteiger partial charge < -0.3 is 11.1 Å². The van der Waals surface area contributed by atoms with Crippen LogP contribution in [-0.2, 0) is 4.79 Å². The summed E-state index contributed by atoms with van der Waals surface area (Å²) in [5.74, 6) is -0.220. The average molecular weight is 116 g/mol. The molecule has 0 aliphatic carbocycles. The first kappa shape index (κ1) is 5.56. The minimum Gasteiger partial charge on any atom is -0.368 e. The lowest BCUT2D eigenvalue weighted by Crippen LogP contribution is -2.36. The standard InChI is InChI=1S/C5H10N2O.H2/c6-5(8)4-2-1-3-7-4;/h4,7H,1-3H2,(H2,6,8);1H. The number of carbonyl (C=O) groups is 1. The van der Waals surface area contributed by atoms with Crippen molar-refractivity contribution in [3.05, 3.63) is 0 Å². The van der Waals surface area contributed by atoms with Crippen molar-refractivity contribution >= 4 is 5.91 Å². The predicted octanol–water partition coefficient (Wildman–Crippen LogP) is -0.530. The molecule has 0 aromatic carbocycles. The van der Waals surface area contributed by atoms with Gasteiger partial charge in [-0.1, -0.05) is 0 Å². The van der Waals surface area contributed by atoms with E-state index in [-0.39, 0.29) is 13.4 Å². The molecule has 8 heavy (non-hydrogen) atoms. The van der Waals surface area contributed by atoms with Crippen LogP contribution in [0.1, 0.15) is 14.3 Å². The third kappa shape index (κ3) is 0.980. The number of nitrogens with one attached hydrogen (secondary N) is 1. The summed E-state index contributed by atoms with van der Waals surface area (Å²) < 4.78 is 0. The number of amides is 1. The van der Waals surface area contributed by atoms with Crippen LogP contribution in [0.2, 0.25) is 0 Å². The predicted molar refractivity (Wildman–Crippen MR) is 32.3 cm³/mol. The first-order chi connectivity index (χ1) is 3.80. The largest absolute Gasteiger partial charge is 0.368 e. The Labute approximate surface area is 49.7 Å². The van der Waals surface area contributed by atoms with Crippen molar-refractivity contribution in [3.63, 3.8) is 0 Å². The Morgan fingerprint density at radius 1 is 1.88 bits per heavy atom. The van der Waals surface area contributed by atoms with E-state index in [1.807, 2.05) is 0 Å². The van der Waals surface area contributed by atoms with Gasteiger partial charge in [0.25, 0.3) is 0 Å². The molecule has 0 aromatic rings. The molecular weight excluding hydrogens is 104 g/mol. The lowest BCUT2D eigenvalue weighted by molar-refractivity contribution is -0.119. The topological polar surface area (TPSA) is 55.1 Å². The van der Waals surface area contributed by atoms with Gasteiger partial charge in [-0.25, -0.2) is 0 Å². The molecule has 1 fully saturated rings. The van der Waals surface area contributed by atoms with E-state index >= 15 is 0 Å². The van der Waals surface area contributed by atoms with Crippen molar-refractivity contribution in [3.8, 4) is 0 Å². The van der Waals surface area contributed by atoms with Crippen molar-refractivity contribution in [1.82, 2.24) is 5.32 Å². The normalized spacial score (nSPS) is 28.2. The molecule has 48 valence electrons. The fourth-order valence-corrected chi connectivity index (χ4v) is 0.927. The average Bonchev–Trinajstić information content (AvgIpc) is 2.12. The van der Waals surface area contributed by atoms with E-state index in [2.05, 4.69) is 5.32 Å². The first-order valence-electron chi connectivity index (χ1n) is 2.83. The number of rotatable bonds is 1. The van der Waals surface area contributed by atoms with Crippen LogP contribution in [0.4, 0.5) is 0 Å². The van der Waals surface area contributed by atoms with E-state index in [1.54, 1.807) is 0 Å². The number of primary amides is 1.